The number of rotatable bonds is 15. The van der Waals surface area contributed by atoms with Gasteiger partial charge in [-0.1, -0.05) is 85.4 Å². The third kappa shape index (κ3) is 11.9. The zero-order chi connectivity index (χ0) is 56.0. The van der Waals surface area contributed by atoms with Gasteiger partial charge in [0.15, 0.2) is 37.5 Å². The maximum absolute atomic E-state index is 14.6. The van der Waals surface area contributed by atoms with Crippen LogP contribution < -0.4 is 28.7 Å². The number of amides is 4. The van der Waals surface area contributed by atoms with Gasteiger partial charge in [-0.15, -0.1) is 0 Å². The number of halogens is 6. The molecule has 0 unspecified atom stereocenters. The van der Waals surface area contributed by atoms with E-state index in [4.69, 9.17) is 67.7 Å². The van der Waals surface area contributed by atoms with Crippen molar-refractivity contribution in [2.24, 2.45) is 0 Å². The second-order valence-corrected chi connectivity index (χ2v) is 28.6. The van der Waals surface area contributed by atoms with Crippen LogP contribution in [0.5, 0.6) is 23.0 Å². The molecule has 0 saturated carbocycles. The predicted molar refractivity (Wildman–Crippen MR) is 279 cm³/mol. The SMILES string of the molecule is CCOC(=O)N1c2cc(OCCCOc3cc4c(cc3OC)C(=O)N3C=C(OS(=O)(=O)C(F)(F)F)C[C@H]3[C@H](O[Si](C)(C)C(C)(C)C)N4C(=O)OCC(Cl)(Cl)Cl)c(OC)cc2C(=O)N2C=C(c3ccc(C)cc3)C[C@H]2[C@@H]1C. The molecule has 4 amide bonds. The second kappa shape index (κ2) is 22.0. The number of hydrogen-bond acceptors (Lipinski definition) is 14. The van der Waals surface area contributed by atoms with E-state index in [0.29, 0.717) is 6.42 Å². The van der Waals surface area contributed by atoms with Crippen molar-refractivity contribution in [3.8, 4) is 23.0 Å². The zero-order valence-corrected chi connectivity index (χ0v) is 47.3. The summed E-state index contributed by atoms with van der Waals surface area (Å²) in [7, 11) is -6.57. The van der Waals surface area contributed by atoms with Gasteiger partial charge in [0.25, 0.3) is 11.8 Å². The largest absolute Gasteiger partial charge is 0.534 e. The van der Waals surface area contributed by atoms with Gasteiger partial charge in [0.1, 0.15) is 12.4 Å². The van der Waals surface area contributed by atoms with E-state index in [-0.39, 0.29) is 77.6 Å². The van der Waals surface area contributed by atoms with E-state index in [1.165, 1.54) is 37.3 Å². The van der Waals surface area contributed by atoms with Gasteiger partial charge in [-0.05, 0) is 68.6 Å². The quantitative estimate of drug-likeness (QED) is 0.0459. The molecule has 4 aliphatic rings. The molecule has 0 aromatic heterocycles. The number of benzene rings is 3. The van der Waals surface area contributed by atoms with Crippen LogP contribution in [0, 0.1) is 6.92 Å². The molecule has 3 aromatic rings. The number of fused-ring (bicyclic) bond motifs is 4. The lowest BCUT2D eigenvalue weighted by atomic mass is 9.97. The van der Waals surface area contributed by atoms with Gasteiger partial charge in [0, 0.05) is 37.4 Å². The van der Waals surface area contributed by atoms with Crippen LogP contribution in [0.1, 0.15) is 85.7 Å². The van der Waals surface area contributed by atoms with Gasteiger partial charge in [-0.3, -0.25) is 14.5 Å². The molecule has 0 N–H and O–H groups in total. The minimum Gasteiger partial charge on any atom is -0.493 e. The highest BCUT2D eigenvalue weighted by atomic mass is 35.6. The molecule has 7 rings (SSSR count). The fourth-order valence-corrected chi connectivity index (χ4v) is 10.7. The van der Waals surface area contributed by atoms with Crippen LogP contribution in [-0.2, 0) is 28.2 Å². The van der Waals surface area contributed by atoms with Gasteiger partial charge in [0.05, 0.1) is 74.7 Å². The topological polar surface area (TPSA) is 189 Å². The van der Waals surface area contributed by atoms with Gasteiger partial charge >= 0.3 is 27.8 Å². The summed E-state index contributed by atoms with van der Waals surface area (Å²) in [6.07, 6.45) is -0.844. The number of aryl methyl sites for hydroxylation is 1. The molecule has 76 heavy (non-hydrogen) atoms. The van der Waals surface area contributed by atoms with E-state index >= 15 is 0 Å². The number of anilines is 2. The third-order valence-corrected chi connectivity index (χ3v) is 19.4. The van der Waals surface area contributed by atoms with E-state index in [9.17, 15) is 40.8 Å². The highest BCUT2D eigenvalue weighted by molar-refractivity contribution is 7.87. The maximum atomic E-state index is 14.6. The molecule has 4 atom stereocenters. The van der Waals surface area contributed by atoms with Crippen molar-refractivity contribution >= 4 is 94.2 Å². The van der Waals surface area contributed by atoms with E-state index in [2.05, 4.69) is 4.18 Å². The lowest BCUT2D eigenvalue weighted by Gasteiger charge is -2.44. The maximum Gasteiger partial charge on any atom is 0.534 e. The molecule has 0 fully saturated rings. The first-order valence-electron chi connectivity index (χ1n) is 23.9. The van der Waals surface area contributed by atoms with Crippen LogP contribution in [0.15, 0.2) is 66.7 Å². The lowest BCUT2D eigenvalue weighted by molar-refractivity contribution is -0.0523. The summed E-state index contributed by atoms with van der Waals surface area (Å²) in [5, 5.41) is -0.578. The zero-order valence-electron chi connectivity index (χ0n) is 43.2. The Labute approximate surface area is 454 Å². The molecule has 18 nitrogen and oxygen atoms in total. The number of ether oxygens (including phenoxy) is 6. The first-order valence-corrected chi connectivity index (χ1v) is 29.4. The van der Waals surface area contributed by atoms with E-state index in [1.807, 2.05) is 78.2 Å². The van der Waals surface area contributed by atoms with Crippen LogP contribution in [0.3, 0.4) is 0 Å². The fourth-order valence-electron chi connectivity index (χ4n) is 8.78. The average molecular weight is 1160 g/mol. The van der Waals surface area contributed by atoms with Gasteiger partial charge in [0.2, 0.25) is 3.79 Å². The number of carbonyl (C=O) groups is 4. The first kappa shape index (κ1) is 58.1. The Morgan fingerprint density at radius 3 is 1.79 bits per heavy atom. The molecular weight excluding hydrogens is 1100 g/mol. The molecule has 414 valence electrons. The summed E-state index contributed by atoms with van der Waals surface area (Å²) < 4.78 is 109. The standard InChI is InChI=1S/C50H58Cl3F3N4O14SSi/c1-11-69-46(63)59-29(3)35-19-31(30-15-13-28(2)14-16-30)25-57(35)43(61)33-21-39(67-7)41(23-36(33)59)70-17-12-18-71-42-24-37-34(22-40(42)68-8)44(62)58-26-32(73-75(65,66)50(54,55)56)20-38(58)45(74-76(9,10)48(4,5)6)60(37)47(64)72-27-49(51,52)53/h13-16,21-26,29,35,38,45H,11-12,17-20,27H2,1-10H3/t29-,35-,38-,45-/m0/s1. The second-order valence-electron chi connectivity index (χ2n) is 19.8. The highest BCUT2D eigenvalue weighted by Crippen LogP contribution is 2.48. The van der Waals surface area contributed by atoms with Crippen molar-refractivity contribution in [1.29, 1.82) is 0 Å². The number of methoxy groups -OCH3 is 2. The van der Waals surface area contributed by atoms with Crippen molar-refractivity contribution in [2.75, 3.05) is 50.4 Å². The monoisotopic (exact) mass is 1160 g/mol. The molecule has 0 aliphatic carbocycles. The Morgan fingerprint density at radius 1 is 0.763 bits per heavy atom. The van der Waals surface area contributed by atoms with E-state index < -0.39 is 94.0 Å². The Kier molecular flexibility index (Phi) is 16.8. The van der Waals surface area contributed by atoms with Crippen LogP contribution >= 0.6 is 34.8 Å². The third-order valence-electron chi connectivity index (χ3n) is 13.7. The summed E-state index contributed by atoms with van der Waals surface area (Å²) in [5.41, 5.74) is -2.82. The van der Waals surface area contributed by atoms with Crippen molar-refractivity contribution in [3.05, 3.63) is 88.9 Å². The molecule has 0 radical (unpaired) electrons. The van der Waals surface area contributed by atoms with Crippen LogP contribution in [0.25, 0.3) is 5.57 Å². The van der Waals surface area contributed by atoms with Crippen molar-refractivity contribution in [1.82, 2.24) is 9.80 Å². The molecule has 4 aliphatic heterocycles. The summed E-state index contributed by atoms with van der Waals surface area (Å²) >= 11 is 18.0. The van der Waals surface area contributed by atoms with Crippen molar-refractivity contribution in [2.45, 2.75) is 113 Å². The van der Waals surface area contributed by atoms with Gasteiger partial charge < -0.3 is 46.8 Å². The normalized spacial score (nSPS) is 19.8. The number of carbonyl (C=O) groups excluding carboxylic acids is 4. The average Bonchev–Trinajstić information content (AvgIpc) is 3.93. The molecular formula is C50H58Cl3F3N4O14SSi. The van der Waals surface area contributed by atoms with E-state index in [1.54, 1.807) is 17.9 Å². The lowest BCUT2D eigenvalue weighted by Crippen LogP contribution is -2.58. The Morgan fingerprint density at radius 2 is 1.29 bits per heavy atom. The predicted octanol–water partition coefficient (Wildman–Crippen LogP) is 11.1. The number of alkyl halides is 6. The summed E-state index contributed by atoms with van der Waals surface area (Å²) in [6, 6.07) is 11.2. The number of hydrogen-bond donors (Lipinski definition) is 0. The van der Waals surface area contributed by atoms with Crippen LogP contribution in [0.2, 0.25) is 18.1 Å². The highest BCUT2D eigenvalue weighted by Gasteiger charge is 2.54. The minimum atomic E-state index is -6.19. The van der Waals surface area contributed by atoms with Crippen molar-refractivity contribution < 1.29 is 77.8 Å². The van der Waals surface area contributed by atoms with E-state index in [0.717, 1.165) is 32.7 Å². The van der Waals surface area contributed by atoms with Gasteiger partial charge in [-0.25, -0.2) is 14.5 Å². The number of nitrogens with zero attached hydrogens (tertiary/aromatic N) is 4. The molecule has 0 bridgehead atoms. The molecule has 4 heterocycles. The van der Waals surface area contributed by atoms with Gasteiger partial charge in [-0.2, -0.15) is 21.6 Å². The van der Waals surface area contributed by atoms with Crippen molar-refractivity contribution in [3.63, 3.8) is 0 Å². The van der Waals surface area contributed by atoms with Crippen LogP contribution in [0.4, 0.5) is 34.1 Å². The Balaban J connectivity index is 1.20. The summed E-state index contributed by atoms with van der Waals surface area (Å²) in [6.45, 7) is 14.0. The Bertz CT molecular complexity index is 2930. The Hall–Kier alpha value is -5.59. The molecule has 0 spiro atoms. The van der Waals surface area contributed by atoms with Crippen LogP contribution in [-0.4, -0.2) is 125 Å². The summed E-state index contributed by atoms with van der Waals surface area (Å²) in [5.74, 6) is -1.67. The fraction of sp³-hybridized carbons (Fsp3) is 0.480. The molecule has 3 aromatic carbocycles. The minimum absolute atomic E-state index is 0.00229. The summed E-state index contributed by atoms with van der Waals surface area (Å²) in [4.78, 5) is 62.3. The molecule has 26 heteroatoms. The molecule has 0 saturated heterocycles. The first-order chi connectivity index (χ1) is 35.4. The smallest absolute Gasteiger partial charge is 0.493 e.